The third-order valence-electron chi connectivity index (χ3n) is 6.87. The van der Waals surface area contributed by atoms with Crippen molar-refractivity contribution in [1.82, 2.24) is 0 Å². The first kappa shape index (κ1) is 29.9. The molecular formula is C31H32ClF2NO3SSi. The van der Waals surface area contributed by atoms with E-state index in [9.17, 15) is 12.8 Å². The Morgan fingerprint density at radius 3 is 1.88 bits per heavy atom. The molecule has 0 heterocycles. The quantitative estimate of drug-likeness (QED) is 0.199. The molecule has 0 bridgehead atoms. The van der Waals surface area contributed by atoms with Crippen LogP contribution in [-0.4, -0.2) is 29.4 Å². The number of halogens is 3. The summed E-state index contributed by atoms with van der Waals surface area (Å²) in [6.45, 7) is 7.89. The van der Waals surface area contributed by atoms with Crippen molar-refractivity contribution in [2.45, 2.75) is 43.7 Å². The number of hydrogen-bond acceptors (Lipinski definition) is 3. The van der Waals surface area contributed by atoms with Gasteiger partial charge in [-0.3, -0.25) is 4.31 Å². The topological polar surface area (TPSA) is 46.6 Å². The van der Waals surface area contributed by atoms with Crippen molar-refractivity contribution in [3.63, 3.8) is 0 Å². The molecule has 4 aromatic carbocycles. The van der Waals surface area contributed by atoms with Gasteiger partial charge in [0, 0.05) is 11.1 Å². The lowest BCUT2D eigenvalue weighted by Crippen LogP contribution is -2.67. The van der Waals surface area contributed by atoms with Gasteiger partial charge in [-0.25, -0.2) is 17.2 Å². The molecule has 210 valence electrons. The lowest BCUT2D eigenvalue weighted by atomic mass is 10.2. The Morgan fingerprint density at radius 1 is 0.850 bits per heavy atom. The van der Waals surface area contributed by atoms with E-state index in [0.717, 1.165) is 32.9 Å². The van der Waals surface area contributed by atoms with Crippen molar-refractivity contribution in [1.29, 1.82) is 0 Å². The number of sulfonamides is 1. The Kier molecular flexibility index (Phi) is 8.85. The predicted octanol–water partition coefficient (Wildman–Crippen LogP) is 6.78. The van der Waals surface area contributed by atoms with Crippen LogP contribution in [0.15, 0.2) is 108 Å². The van der Waals surface area contributed by atoms with E-state index in [1.165, 1.54) is 24.3 Å². The molecule has 4 aromatic rings. The zero-order valence-corrected chi connectivity index (χ0v) is 25.4. The summed E-state index contributed by atoms with van der Waals surface area (Å²) in [7, 11) is -7.37. The van der Waals surface area contributed by atoms with Crippen LogP contribution in [0.3, 0.4) is 0 Å². The molecular weight excluding hydrogens is 568 g/mol. The summed E-state index contributed by atoms with van der Waals surface area (Å²) in [4.78, 5) is -0.0992. The highest BCUT2D eigenvalue weighted by Gasteiger charge is 2.50. The number of anilines is 1. The van der Waals surface area contributed by atoms with Crippen molar-refractivity contribution < 1.29 is 21.6 Å². The van der Waals surface area contributed by atoms with Gasteiger partial charge in [-0.1, -0.05) is 93.0 Å². The van der Waals surface area contributed by atoms with Gasteiger partial charge in [0.15, 0.2) is 0 Å². The van der Waals surface area contributed by atoms with Crippen molar-refractivity contribution >= 4 is 46.0 Å². The van der Waals surface area contributed by atoms with Crippen LogP contribution in [0.1, 0.15) is 27.7 Å². The lowest BCUT2D eigenvalue weighted by Gasteiger charge is -2.44. The summed E-state index contributed by atoms with van der Waals surface area (Å²) in [5.74, 6) is -1.62. The van der Waals surface area contributed by atoms with Gasteiger partial charge in [-0.15, -0.1) is 0 Å². The number of rotatable bonds is 9. The average Bonchev–Trinajstić information content (AvgIpc) is 2.92. The van der Waals surface area contributed by atoms with Gasteiger partial charge in [0.25, 0.3) is 18.3 Å². The van der Waals surface area contributed by atoms with Gasteiger partial charge in [-0.2, -0.15) is 0 Å². The molecule has 0 saturated carbocycles. The van der Waals surface area contributed by atoms with E-state index in [0.29, 0.717) is 5.02 Å². The molecule has 40 heavy (non-hydrogen) atoms. The number of hydrogen-bond donors (Lipinski definition) is 0. The highest BCUT2D eigenvalue weighted by molar-refractivity contribution is 7.92. The van der Waals surface area contributed by atoms with Gasteiger partial charge >= 0.3 is 0 Å². The Morgan fingerprint density at radius 2 is 1.38 bits per heavy atom. The molecule has 1 unspecified atom stereocenters. The van der Waals surface area contributed by atoms with E-state index < -0.39 is 41.7 Å². The monoisotopic (exact) mass is 599 g/mol. The molecule has 0 saturated heterocycles. The second-order valence-corrected chi connectivity index (χ2v) is 17.2. The maximum absolute atomic E-state index is 15.2. The second-order valence-electron chi connectivity index (χ2n) is 10.7. The summed E-state index contributed by atoms with van der Waals surface area (Å²) < 4.78 is 65.3. The molecule has 1 atom stereocenters. The highest BCUT2D eigenvalue weighted by atomic mass is 35.5. The van der Waals surface area contributed by atoms with Gasteiger partial charge < -0.3 is 4.43 Å². The molecule has 0 spiro atoms. The molecule has 0 N–H and O–H groups in total. The molecule has 0 fully saturated rings. The first-order valence-corrected chi connectivity index (χ1v) is 16.6. The van der Waals surface area contributed by atoms with Crippen LogP contribution < -0.4 is 14.7 Å². The summed E-state index contributed by atoms with van der Waals surface area (Å²) in [5, 5.41) is 2.03. The third kappa shape index (κ3) is 5.86. The second kappa shape index (κ2) is 11.8. The molecule has 0 aliphatic rings. The summed E-state index contributed by atoms with van der Waals surface area (Å²) in [6, 6.07) is 27.3. The van der Waals surface area contributed by atoms with Crippen LogP contribution in [-0.2, 0) is 14.4 Å². The van der Waals surface area contributed by atoms with Crippen LogP contribution in [0.2, 0.25) is 10.1 Å². The Balaban J connectivity index is 1.84. The van der Waals surface area contributed by atoms with Crippen LogP contribution in [0.25, 0.3) is 0 Å². The fraction of sp³-hybridized carbons (Fsp3) is 0.226. The Labute approximate surface area is 241 Å². The third-order valence-corrected chi connectivity index (χ3v) is 14.1. The van der Waals surface area contributed by atoms with Gasteiger partial charge in [0.1, 0.15) is 11.6 Å². The first-order valence-electron chi connectivity index (χ1n) is 12.9. The van der Waals surface area contributed by atoms with Crippen molar-refractivity contribution in [3.05, 3.63) is 120 Å². The van der Waals surface area contributed by atoms with Gasteiger partial charge in [-0.05, 0) is 58.7 Å². The van der Waals surface area contributed by atoms with E-state index in [-0.39, 0.29) is 16.5 Å². The number of benzene rings is 4. The van der Waals surface area contributed by atoms with Crippen molar-refractivity contribution in [2.24, 2.45) is 0 Å². The van der Waals surface area contributed by atoms with E-state index >= 15 is 4.39 Å². The largest absolute Gasteiger partial charge is 0.405 e. The zero-order valence-electron chi connectivity index (χ0n) is 22.8. The lowest BCUT2D eigenvalue weighted by molar-refractivity contribution is 0.279. The van der Waals surface area contributed by atoms with Crippen LogP contribution >= 0.6 is 11.6 Å². The smallest absolute Gasteiger partial charge is 0.264 e. The standard InChI is InChI=1S/C31H32ClF2NO3SSi/c1-23(22-38-40(31(2,3)4,27-11-7-5-8-12-27)28-13-9-6-10-14-28)35(30-21-25(33)17-20-29(30)34)39(36,37)26-18-15-24(32)16-19-26/h5-21,23H,22H2,1-4H3. The molecule has 0 aliphatic carbocycles. The van der Waals surface area contributed by atoms with Gasteiger partial charge in [0.05, 0.1) is 23.2 Å². The van der Waals surface area contributed by atoms with E-state index in [1.54, 1.807) is 6.92 Å². The Bertz CT molecular complexity index is 1510. The first-order chi connectivity index (χ1) is 18.9. The molecule has 0 amide bonds. The van der Waals surface area contributed by atoms with Gasteiger partial charge in [0.2, 0.25) is 0 Å². The minimum Gasteiger partial charge on any atom is -0.405 e. The molecule has 4 nitrogen and oxygen atoms in total. The fourth-order valence-corrected chi connectivity index (χ4v) is 11.5. The highest BCUT2D eigenvalue weighted by Crippen LogP contribution is 2.38. The van der Waals surface area contributed by atoms with E-state index in [4.69, 9.17) is 16.0 Å². The van der Waals surface area contributed by atoms with Crippen molar-refractivity contribution in [3.8, 4) is 0 Å². The molecule has 0 radical (unpaired) electrons. The van der Waals surface area contributed by atoms with Crippen LogP contribution in [0.4, 0.5) is 14.5 Å². The zero-order chi connectivity index (χ0) is 29.1. The van der Waals surface area contributed by atoms with Crippen LogP contribution in [0, 0.1) is 11.6 Å². The van der Waals surface area contributed by atoms with E-state index in [2.05, 4.69) is 20.8 Å². The fourth-order valence-electron chi connectivity index (χ4n) is 5.05. The number of nitrogens with zero attached hydrogens (tertiary/aromatic N) is 1. The SMILES string of the molecule is CC(CO[Si](c1ccccc1)(c1ccccc1)C(C)(C)C)N(c1cc(F)ccc1F)S(=O)(=O)c1ccc(Cl)cc1. The molecule has 0 aliphatic heterocycles. The van der Waals surface area contributed by atoms with Crippen LogP contribution in [0.5, 0.6) is 0 Å². The minimum atomic E-state index is -4.34. The molecule has 9 heteroatoms. The summed E-state index contributed by atoms with van der Waals surface area (Å²) in [5.41, 5.74) is -0.395. The maximum atomic E-state index is 15.2. The molecule has 4 rings (SSSR count). The normalized spacial score (nSPS) is 13.2. The predicted molar refractivity (Wildman–Crippen MR) is 161 cm³/mol. The molecule has 0 aromatic heterocycles. The Hall–Kier alpha value is -3.04. The van der Waals surface area contributed by atoms with Crippen molar-refractivity contribution in [2.75, 3.05) is 10.9 Å². The van der Waals surface area contributed by atoms with E-state index in [1.807, 2.05) is 60.7 Å². The average molecular weight is 600 g/mol. The summed E-state index contributed by atoms with van der Waals surface area (Å²) in [6.07, 6.45) is 0. The minimum absolute atomic E-state index is 0.0734. The summed E-state index contributed by atoms with van der Waals surface area (Å²) >= 11 is 5.99. The maximum Gasteiger partial charge on any atom is 0.264 e.